The van der Waals surface area contributed by atoms with Crippen LogP contribution in [0.5, 0.6) is 0 Å². The number of benzene rings is 1. The third-order valence-electron chi connectivity index (χ3n) is 5.56. The quantitative estimate of drug-likeness (QED) is 0.576. The molecule has 0 amide bonds. The maximum absolute atomic E-state index is 4.52. The Kier molecular flexibility index (Phi) is 5.88. The van der Waals surface area contributed by atoms with Crippen molar-refractivity contribution in [3.63, 3.8) is 0 Å². The van der Waals surface area contributed by atoms with Crippen LogP contribution in [0.4, 0.5) is 0 Å². The van der Waals surface area contributed by atoms with Gasteiger partial charge in [0.05, 0.1) is 0 Å². The monoisotopic (exact) mass is 368 g/mol. The number of hydrogen-bond donors (Lipinski definition) is 0. The lowest BCUT2D eigenvalue weighted by Gasteiger charge is -2.44. The van der Waals surface area contributed by atoms with Gasteiger partial charge >= 0.3 is 0 Å². The minimum absolute atomic E-state index is 0.566. The lowest BCUT2D eigenvalue weighted by Crippen LogP contribution is -2.56. The summed E-state index contributed by atoms with van der Waals surface area (Å²) in [5.74, 6) is 1.02. The third kappa shape index (κ3) is 4.27. The van der Waals surface area contributed by atoms with Crippen molar-refractivity contribution < 1.29 is 0 Å². The topological polar surface area (TPSA) is 32.3 Å². The van der Waals surface area contributed by atoms with E-state index in [0.717, 1.165) is 29.9 Å². The van der Waals surface area contributed by atoms with E-state index in [9.17, 15) is 0 Å². The zero-order valence-electron chi connectivity index (χ0n) is 15.6. The summed E-state index contributed by atoms with van der Waals surface area (Å²) in [6.07, 6.45) is 7.85. The molecule has 2 aliphatic heterocycles. The van der Waals surface area contributed by atoms with Crippen LogP contribution in [0, 0.1) is 0 Å². The molecule has 3 heterocycles. The summed E-state index contributed by atoms with van der Waals surface area (Å²) < 4.78 is 0. The molecule has 4 rings (SSSR count). The molecule has 0 aliphatic carbocycles. The van der Waals surface area contributed by atoms with E-state index in [1.807, 2.05) is 12.4 Å². The summed E-state index contributed by atoms with van der Waals surface area (Å²) in [5.41, 5.74) is 2.67. The molecule has 26 heavy (non-hydrogen) atoms. The molecule has 0 radical (unpaired) electrons. The van der Waals surface area contributed by atoms with Crippen molar-refractivity contribution in [3.05, 3.63) is 53.9 Å². The highest BCUT2D eigenvalue weighted by atomic mass is 32.2. The number of fused-ring (bicyclic) bond motifs is 1. The molecule has 1 aromatic carbocycles. The predicted octanol–water partition coefficient (Wildman–Crippen LogP) is 3.48. The SMILES string of the molecule is CCSc1ncc(CN2C[C@@H]3CCCN3C[C@@H]2Cc2ccccc2)cn1. The van der Waals surface area contributed by atoms with Crippen LogP contribution in [0.15, 0.2) is 47.9 Å². The van der Waals surface area contributed by atoms with Gasteiger partial charge in [0, 0.05) is 49.7 Å². The van der Waals surface area contributed by atoms with E-state index >= 15 is 0 Å². The van der Waals surface area contributed by atoms with Gasteiger partial charge in [-0.3, -0.25) is 9.80 Å². The minimum atomic E-state index is 0.566. The number of aromatic nitrogens is 2. The highest BCUT2D eigenvalue weighted by Crippen LogP contribution is 2.27. The lowest BCUT2D eigenvalue weighted by atomic mass is 9.99. The van der Waals surface area contributed by atoms with Gasteiger partial charge in [0.1, 0.15) is 0 Å². The molecule has 2 saturated heterocycles. The largest absolute Gasteiger partial charge is 0.298 e. The predicted molar refractivity (Wildman–Crippen MR) is 107 cm³/mol. The van der Waals surface area contributed by atoms with Crippen molar-refractivity contribution >= 4 is 11.8 Å². The number of nitrogens with zero attached hydrogens (tertiary/aromatic N) is 4. The molecular weight excluding hydrogens is 340 g/mol. The van der Waals surface area contributed by atoms with Crippen molar-refractivity contribution in [1.82, 2.24) is 19.8 Å². The fourth-order valence-electron chi connectivity index (χ4n) is 4.28. The average Bonchev–Trinajstić information content (AvgIpc) is 3.12. The number of thioether (sulfide) groups is 1. The summed E-state index contributed by atoms with van der Waals surface area (Å²) in [7, 11) is 0. The van der Waals surface area contributed by atoms with E-state index in [1.165, 1.54) is 43.6 Å². The smallest absolute Gasteiger partial charge is 0.187 e. The summed E-state index contributed by atoms with van der Waals surface area (Å²) >= 11 is 1.70. The molecule has 138 valence electrons. The van der Waals surface area contributed by atoms with E-state index in [2.05, 4.69) is 57.0 Å². The fourth-order valence-corrected chi connectivity index (χ4v) is 4.80. The second kappa shape index (κ2) is 8.51. The highest BCUT2D eigenvalue weighted by Gasteiger charge is 2.36. The van der Waals surface area contributed by atoms with Crippen LogP contribution >= 0.6 is 11.8 Å². The van der Waals surface area contributed by atoms with Crippen molar-refractivity contribution in [2.75, 3.05) is 25.4 Å². The van der Waals surface area contributed by atoms with Crippen LogP contribution in [-0.2, 0) is 13.0 Å². The maximum atomic E-state index is 4.52. The van der Waals surface area contributed by atoms with E-state index in [0.29, 0.717) is 6.04 Å². The molecule has 2 fully saturated rings. The Morgan fingerprint density at radius 3 is 2.65 bits per heavy atom. The highest BCUT2D eigenvalue weighted by molar-refractivity contribution is 7.99. The zero-order chi connectivity index (χ0) is 17.8. The van der Waals surface area contributed by atoms with E-state index in [4.69, 9.17) is 0 Å². The molecule has 0 spiro atoms. The molecule has 2 atom stereocenters. The van der Waals surface area contributed by atoms with Crippen molar-refractivity contribution in [3.8, 4) is 0 Å². The first kappa shape index (κ1) is 18.0. The first-order valence-corrected chi connectivity index (χ1v) is 10.8. The fraction of sp³-hybridized carbons (Fsp3) is 0.524. The molecule has 0 saturated carbocycles. The molecular formula is C21H28N4S. The Balaban J connectivity index is 1.48. The third-order valence-corrected chi connectivity index (χ3v) is 6.32. The van der Waals surface area contributed by atoms with Crippen LogP contribution in [0.1, 0.15) is 30.9 Å². The maximum Gasteiger partial charge on any atom is 0.187 e. The summed E-state index contributed by atoms with van der Waals surface area (Å²) in [6, 6.07) is 12.2. The van der Waals surface area contributed by atoms with E-state index < -0.39 is 0 Å². The van der Waals surface area contributed by atoms with Crippen molar-refractivity contribution in [2.24, 2.45) is 0 Å². The molecule has 1 aromatic heterocycles. The Bertz CT molecular complexity index is 691. The normalized spacial score (nSPS) is 23.9. The standard InChI is InChI=1S/C21H28N4S/c1-2-26-21-22-12-18(13-23-21)14-25-15-19-9-6-10-24(19)16-20(25)11-17-7-4-3-5-8-17/h3-5,7-8,12-13,19-20H,2,6,9-11,14-16H2,1H3/t19-,20-/m0/s1. The summed E-state index contributed by atoms with van der Waals surface area (Å²) in [6.45, 7) is 6.72. The Morgan fingerprint density at radius 1 is 1.08 bits per heavy atom. The van der Waals surface area contributed by atoms with E-state index in [-0.39, 0.29) is 0 Å². The zero-order valence-corrected chi connectivity index (χ0v) is 16.4. The second-order valence-electron chi connectivity index (χ2n) is 7.37. The average molecular weight is 369 g/mol. The number of rotatable bonds is 6. The summed E-state index contributed by atoms with van der Waals surface area (Å²) in [5, 5.41) is 0.887. The van der Waals surface area contributed by atoms with Crippen molar-refractivity contribution in [2.45, 2.75) is 50.0 Å². The number of piperazine rings is 1. The molecule has 0 bridgehead atoms. The van der Waals surface area contributed by atoms with Crippen LogP contribution in [-0.4, -0.2) is 57.2 Å². The summed E-state index contributed by atoms with van der Waals surface area (Å²) in [4.78, 5) is 14.4. The van der Waals surface area contributed by atoms with Gasteiger partial charge in [0.2, 0.25) is 0 Å². The molecule has 5 heteroatoms. The van der Waals surface area contributed by atoms with Gasteiger partial charge in [0.25, 0.3) is 0 Å². The van der Waals surface area contributed by atoms with Crippen molar-refractivity contribution in [1.29, 1.82) is 0 Å². The lowest BCUT2D eigenvalue weighted by molar-refractivity contribution is 0.0454. The Morgan fingerprint density at radius 2 is 1.88 bits per heavy atom. The van der Waals surface area contributed by atoms with Gasteiger partial charge in [-0.15, -0.1) is 0 Å². The van der Waals surface area contributed by atoms with Gasteiger partial charge in [-0.05, 0) is 37.1 Å². The van der Waals surface area contributed by atoms with Gasteiger partial charge in [-0.25, -0.2) is 9.97 Å². The van der Waals surface area contributed by atoms with Gasteiger partial charge < -0.3 is 0 Å². The van der Waals surface area contributed by atoms with Crippen LogP contribution in [0.2, 0.25) is 0 Å². The Hall–Kier alpha value is -1.43. The first-order valence-electron chi connectivity index (χ1n) is 9.77. The van der Waals surface area contributed by atoms with Crippen LogP contribution in [0.3, 0.4) is 0 Å². The van der Waals surface area contributed by atoms with Gasteiger partial charge in [0.15, 0.2) is 5.16 Å². The molecule has 2 aliphatic rings. The van der Waals surface area contributed by atoms with Crippen LogP contribution in [0.25, 0.3) is 0 Å². The minimum Gasteiger partial charge on any atom is -0.298 e. The first-order chi connectivity index (χ1) is 12.8. The Labute approximate surface area is 161 Å². The molecule has 2 aromatic rings. The van der Waals surface area contributed by atoms with Gasteiger partial charge in [-0.2, -0.15) is 0 Å². The molecule has 0 N–H and O–H groups in total. The van der Waals surface area contributed by atoms with E-state index in [1.54, 1.807) is 11.8 Å². The van der Waals surface area contributed by atoms with Gasteiger partial charge in [-0.1, -0.05) is 49.0 Å². The number of hydrogen-bond acceptors (Lipinski definition) is 5. The molecule has 4 nitrogen and oxygen atoms in total. The molecule has 0 unspecified atom stereocenters. The second-order valence-corrected chi connectivity index (χ2v) is 8.60. The van der Waals surface area contributed by atoms with Crippen LogP contribution < -0.4 is 0 Å².